The maximum Gasteiger partial charge on any atom is 0.0908 e. The summed E-state index contributed by atoms with van der Waals surface area (Å²) in [5.74, 6) is 0. The van der Waals surface area contributed by atoms with Crippen LogP contribution in [0.5, 0.6) is 0 Å². The Morgan fingerprint density at radius 2 is 0.621 bits per heavy atom. The minimum Gasteiger partial charge on any atom is -0.110 e. The third-order valence-corrected chi connectivity index (χ3v) is 21.8. The van der Waals surface area contributed by atoms with E-state index in [0.29, 0.717) is 0 Å². The van der Waals surface area contributed by atoms with Crippen LogP contribution in [0.25, 0.3) is 0 Å². The van der Waals surface area contributed by atoms with Gasteiger partial charge in [-0.05, 0) is 0 Å². The van der Waals surface area contributed by atoms with E-state index in [1.165, 1.54) is 74.0 Å². The Morgan fingerprint density at radius 3 is 0.793 bits per heavy atom. The predicted octanol–water partition coefficient (Wildman–Crippen LogP) is 6.39. The number of halogens is 8. The van der Waals surface area contributed by atoms with Gasteiger partial charge in [0.2, 0.25) is 0 Å². The van der Waals surface area contributed by atoms with E-state index >= 15 is 0 Å². The molecule has 0 saturated heterocycles. The van der Waals surface area contributed by atoms with E-state index in [4.69, 9.17) is 92.8 Å². The summed E-state index contributed by atoms with van der Waals surface area (Å²) in [6.07, 6.45) is 5.20. The van der Waals surface area contributed by atoms with Crippen LogP contribution in [-0.2, 0) is 0 Å². The average molecular weight is 653 g/mol. The van der Waals surface area contributed by atoms with Gasteiger partial charge in [-0.1, -0.05) is 74.0 Å². The van der Waals surface area contributed by atoms with Crippen molar-refractivity contribution in [1.82, 2.24) is 0 Å². The molecule has 0 spiro atoms. The van der Waals surface area contributed by atoms with E-state index in [2.05, 4.69) is 0 Å². The van der Waals surface area contributed by atoms with Crippen molar-refractivity contribution in [3.8, 4) is 0 Å². The third kappa shape index (κ3) is 21.7. The molecule has 0 aliphatic heterocycles. The number of rotatable bonds is 20. The fourth-order valence-corrected chi connectivity index (χ4v) is 18.5. The van der Waals surface area contributed by atoms with Crippen molar-refractivity contribution in [3.05, 3.63) is 0 Å². The Bertz CT molecular complexity index is 308. The number of hydrogen-bond acceptors (Lipinski definition) is 0. The van der Waals surface area contributed by atoms with Crippen LogP contribution in [-0.4, -0.2) is 64.0 Å². The standard InChI is InChI=1S/C16H36Cl8Si5/c17-13(18)25-5-1-9-29(10-2-6-26-14(19)20,11-3-7-27-15(21)22)12-4-8-28-16(23)24/h13-16H,1-12,25-28H2. The Hall–Kier alpha value is 3.40. The van der Waals surface area contributed by atoms with Gasteiger partial charge in [-0.15, -0.1) is 92.8 Å². The molecule has 29 heavy (non-hydrogen) atoms. The highest BCUT2D eigenvalue weighted by Crippen LogP contribution is 2.34. The molecule has 0 aliphatic rings. The van der Waals surface area contributed by atoms with Gasteiger partial charge in [-0.25, -0.2) is 0 Å². The quantitative estimate of drug-likeness (QED) is 0.0814. The van der Waals surface area contributed by atoms with Gasteiger partial charge in [-0.3, -0.25) is 0 Å². The smallest absolute Gasteiger partial charge is 0.0908 e. The lowest BCUT2D eigenvalue weighted by Gasteiger charge is -2.33. The molecule has 0 amide bonds. The van der Waals surface area contributed by atoms with Crippen LogP contribution < -0.4 is 0 Å². The van der Waals surface area contributed by atoms with Crippen LogP contribution in [0, 0.1) is 0 Å². The van der Waals surface area contributed by atoms with Gasteiger partial charge in [0, 0.05) is 0 Å². The molecule has 0 bridgehead atoms. The van der Waals surface area contributed by atoms with Crippen LogP contribution in [0.4, 0.5) is 0 Å². The molecule has 0 fully saturated rings. The molecular weight excluding hydrogens is 616 g/mol. The summed E-state index contributed by atoms with van der Waals surface area (Å²) in [7, 11) is -2.77. The van der Waals surface area contributed by atoms with Gasteiger partial charge in [-0.2, -0.15) is 0 Å². The van der Waals surface area contributed by atoms with Gasteiger partial charge < -0.3 is 0 Å². The van der Waals surface area contributed by atoms with Crippen molar-refractivity contribution in [2.75, 3.05) is 0 Å². The van der Waals surface area contributed by atoms with Gasteiger partial charge in [0.1, 0.15) is 0 Å². The first-order chi connectivity index (χ1) is 13.7. The molecule has 0 aromatic heterocycles. The van der Waals surface area contributed by atoms with E-state index in [1.807, 2.05) is 0 Å². The fourth-order valence-electron chi connectivity index (χ4n) is 3.94. The van der Waals surface area contributed by atoms with Crippen molar-refractivity contribution < 1.29 is 0 Å². The molecule has 0 atom stereocenters. The van der Waals surface area contributed by atoms with Crippen molar-refractivity contribution in [1.29, 1.82) is 0 Å². The molecule has 0 aliphatic carbocycles. The summed E-state index contributed by atoms with van der Waals surface area (Å²) in [6, 6.07) is 10.7. The summed E-state index contributed by atoms with van der Waals surface area (Å²) < 4.78 is -0.418. The SMILES string of the molecule is ClC(Cl)[SiH2]CCC[Si](CCC[SiH2]C(Cl)Cl)(CCC[SiH2]C(Cl)Cl)CCC[SiH2]C(Cl)Cl. The van der Waals surface area contributed by atoms with E-state index in [-0.39, 0.29) is 55.9 Å². The summed E-state index contributed by atoms with van der Waals surface area (Å²) in [4.78, 5) is 0. The monoisotopic (exact) mass is 648 g/mol. The lowest BCUT2D eigenvalue weighted by Crippen LogP contribution is -2.34. The predicted molar refractivity (Wildman–Crippen MR) is 159 cm³/mol. The van der Waals surface area contributed by atoms with E-state index in [0.717, 1.165) is 0 Å². The van der Waals surface area contributed by atoms with Crippen LogP contribution in [0.2, 0.25) is 48.4 Å². The zero-order valence-corrected chi connectivity index (χ0v) is 29.9. The van der Waals surface area contributed by atoms with Crippen LogP contribution >= 0.6 is 92.8 Å². The lowest BCUT2D eigenvalue weighted by molar-refractivity contribution is 0.873. The molecule has 0 saturated carbocycles. The van der Waals surface area contributed by atoms with E-state index in [9.17, 15) is 0 Å². The Morgan fingerprint density at radius 1 is 0.414 bits per heavy atom. The van der Waals surface area contributed by atoms with Gasteiger partial charge in [0.15, 0.2) is 0 Å². The summed E-state index contributed by atoms with van der Waals surface area (Å²) in [6.45, 7) is 0. The summed E-state index contributed by atoms with van der Waals surface area (Å²) in [5.41, 5.74) is 0. The maximum atomic E-state index is 6.00. The normalized spacial score (nSPS) is 16.1. The molecular formula is C16H36Cl8Si5. The van der Waals surface area contributed by atoms with Crippen LogP contribution in [0.1, 0.15) is 25.7 Å². The Kier molecular flexibility index (Phi) is 23.2. The van der Waals surface area contributed by atoms with Gasteiger partial charge >= 0.3 is 0 Å². The average Bonchev–Trinajstić information content (AvgIpc) is 2.62. The maximum absolute atomic E-state index is 6.00. The largest absolute Gasteiger partial charge is 0.110 e. The Labute approximate surface area is 228 Å². The first-order valence-corrected chi connectivity index (χ1v) is 24.4. The van der Waals surface area contributed by atoms with Gasteiger partial charge in [0.05, 0.1) is 64.0 Å². The zero-order chi connectivity index (χ0) is 22.1. The first kappa shape index (κ1) is 32.4. The minimum absolute atomic E-state index is 0.104. The topological polar surface area (TPSA) is 0 Å². The van der Waals surface area contributed by atoms with Crippen molar-refractivity contribution in [2.24, 2.45) is 0 Å². The molecule has 0 rings (SSSR count). The summed E-state index contributed by atoms with van der Waals surface area (Å²) in [5, 5.41) is 0. The molecule has 0 radical (unpaired) electrons. The second kappa shape index (κ2) is 20.8. The zero-order valence-electron chi connectivity index (χ0n) is 17.1. The van der Waals surface area contributed by atoms with E-state index in [1.54, 1.807) is 0 Å². The van der Waals surface area contributed by atoms with E-state index < -0.39 is 8.07 Å². The summed E-state index contributed by atoms with van der Waals surface area (Å²) >= 11 is 48.0. The van der Waals surface area contributed by atoms with Crippen molar-refractivity contribution in [2.45, 2.75) is 91.9 Å². The Balaban J connectivity index is 4.86. The lowest BCUT2D eigenvalue weighted by atomic mass is 10.5. The second-order valence-corrected chi connectivity index (χ2v) is 30.7. The molecule has 0 unspecified atom stereocenters. The second-order valence-electron chi connectivity index (χ2n) is 8.05. The van der Waals surface area contributed by atoms with Gasteiger partial charge in [0.25, 0.3) is 0 Å². The minimum atomic E-state index is -1.34. The van der Waals surface area contributed by atoms with Crippen LogP contribution in [0.15, 0.2) is 0 Å². The highest BCUT2D eigenvalue weighted by atomic mass is 35.5. The highest BCUT2D eigenvalue weighted by molar-refractivity contribution is 6.80. The molecule has 0 N–H and O–H groups in total. The molecule has 0 heterocycles. The third-order valence-electron chi connectivity index (χ3n) is 5.52. The molecule has 0 nitrogen and oxygen atoms in total. The van der Waals surface area contributed by atoms with Crippen molar-refractivity contribution >= 4 is 139 Å². The van der Waals surface area contributed by atoms with Crippen molar-refractivity contribution in [3.63, 3.8) is 0 Å². The number of hydrogen-bond donors (Lipinski definition) is 0. The first-order valence-electron chi connectivity index (χ1n) is 10.8. The number of alkyl halides is 8. The molecule has 13 heteroatoms. The van der Waals surface area contributed by atoms with Crippen LogP contribution in [0.3, 0.4) is 0 Å². The molecule has 176 valence electrons. The molecule has 0 aromatic rings. The highest BCUT2D eigenvalue weighted by Gasteiger charge is 2.31. The fraction of sp³-hybridized carbons (Fsp3) is 1.00. The molecule has 0 aromatic carbocycles.